The molecular formula is C15H18Cl2N4S. The summed E-state index contributed by atoms with van der Waals surface area (Å²) in [6.45, 7) is 3.04. The van der Waals surface area contributed by atoms with Gasteiger partial charge in [-0.05, 0) is 31.0 Å². The van der Waals surface area contributed by atoms with Crippen molar-refractivity contribution in [3.05, 3.63) is 28.2 Å². The number of benzene rings is 1. The summed E-state index contributed by atoms with van der Waals surface area (Å²) in [5.74, 6) is 1.85. The molecule has 0 bridgehead atoms. The van der Waals surface area contributed by atoms with Crippen LogP contribution in [0.25, 0.3) is 0 Å². The van der Waals surface area contributed by atoms with E-state index in [1.807, 2.05) is 6.07 Å². The van der Waals surface area contributed by atoms with E-state index in [1.165, 1.54) is 12.8 Å². The Morgan fingerprint density at radius 2 is 1.91 bits per heavy atom. The molecule has 0 aromatic heterocycles. The lowest BCUT2D eigenvalue weighted by atomic mass is 10.3. The summed E-state index contributed by atoms with van der Waals surface area (Å²) in [6, 6.07) is 5.43. The number of guanidine groups is 1. The van der Waals surface area contributed by atoms with Gasteiger partial charge in [-0.15, -0.1) is 0 Å². The number of aliphatic imine (C=N–C) groups is 2. The molecule has 1 aromatic rings. The van der Waals surface area contributed by atoms with Crippen LogP contribution in [-0.2, 0) is 0 Å². The van der Waals surface area contributed by atoms with Crippen molar-refractivity contribution in [1.82, 2.24) is 9.80 Å². The average Bonchev–Trinajstić information content (AvgIpc) is 3.14. The lowest BCUT2D eigenvalue weighted by molar-refractivity contribution is 0.510. The number of halogens is 2. The summed E-state index contributed by atoms with van der Waals surface area (Å²) >= 11 is 13.8. The molecule has 0 unspecified atom stereocenters. The third kappa shape index (κ3) is 3.70. The first kappa shape index (κ1) is 16.0. The SMILES string of the molecule is CN1CCSC1=NC(=Nc1ccc(Cl)c(Cl)c1)N1CCCC1. The highest BCUT2D eigenvalue weighted by Gasteiger charge is 2.20. The molecule has 0 aliphatic carbocycles. The maximum Gasteiger partial charge on any atom is 0.228 e. The smallest absolute Gasteiger partial charge is 0.228 e. The number of amidine groups is 1. The zero-order chi connectivity index (χ0) is 15.5. The lowest BCUT2D eigenvalue weighted by Gasteiger charge is -2.18. The summed E-state index contributed by atoms with van der Waals surface area (Å²) in [7, 11) is 2.07. The number of hydrogen-bond acceptors (Lipinski definition) is 2. The van der Waals surface area contributed by atoms with Crippen LogP contribution in [0.4, 0.5) is 5.69 Å². The fourth-order valence-corrected chi connectivity index (χ4v) is 3.73. The molecule has 0 N–H and O–H groups in total. The highest BCUT2D eigenvalue weighted by Crippen LogP contribution is 2.27. The Labute approximate surface area is 145 Å². The van der Waals surface area contributed by atoms with Crippen LogP contribution in [0.2, 0.25) is 10.0 Å². The zero-order valence-corrected chi connectivity index (χ0v) is 14.8. The number of nitrogens with zero attached hydrogens (tertiary/aromatic N) is 4. The maximum absolute atomic E-state index is 6.09. The molecule has 0 saturated carbocycles. The summed E-state index contributed by atoms with van der Waals surface area (Å²) in [5.41, 5.74) is 0.784. The fourth-order valence-electron chi connectivity index (χ4n) is 2.44. The Morgan fingerprint density at radius 3 is 2.55 bits per heavy atom. The van der Waals surface area contributed by atoms with E-state index in [4.69, 9.17) is 33.2 Å². The molecule has 0 radical (unpaired) electrons. The van der Waals surface area contributed by atoms with Crippen molar-refractivity contribution in [3.63, 3.8) is 0 Å². The van der Waals surface area contributed by atoms with Crippen LogP contribution in [0.5, 0.6) is 0 Å². The average molecular weight is 357 g/mol. The predicted molar refractivity (Wildman–Crippen MR) is 96.9 cm³/mol. The monoisotopic (exact) mass is 356 g/mol. The lowest BCUT2D eigenvalue weighted by Crippen LogP contribution is -2.29. The third-order valence-electron chi connectivity index (χ3n) is 3.70. The molecule has 2 aliphatic rings. The van der Waals surface area contributed by atoms with Crippen LogP contribution in [-0.4, -0.2) is 53.4 Å². The zero-order valence-electron chi connectivity index (χ0n) is 12.4. The quantitative estimate of drug-likeness (QED) is 0.560. The minimum Gasteiger partial charge on any atom is -0.353 e. The second kappa shape index (κ2) is 7.11. The summed E-state index contributed by atoms with van der Waals surface area (Å²) in [6.07, 6.45) is 2.38. The summed E-state index contributed by atoms with van der Waals surface area (Å²) in [4.78, 5) is 13.9. The van der Waals surface area contributed by atoms with Gasteiger partial charge in [-0.2, -0.15) is 4.99 Å². The number of thioether (sulfide) groups is 1. The van der Waals surface area contributed by atoms with Crippen molar-refractivity contribution in [2.45, 2.75) is 12.8 Å². The van der Waals surface area contributed by atoms with Crippen molar-refractivity contribution in [2.75, 3.05) is 32.4 Å². The van der Waals surface area contributed by atoms with Crippen molar-refractivity contribution in [2.24, 2.45) is 9.98 Å². The molecule has 7 heteroatoms. The van der Waals surface area contributed by atoms with Gasteiger partial charge in [-0.1, -0.05) is 35.0 Å². The molecule has 0 spiro atoms. The Bertz CT molecular complexity index is 612. The van der Waals surface area contributed by atoms with Gasteiger partial charge in [0.05, 0.1) is 15.7 Å². The van der Waals surface area contributed by atoms with E-state index >= 15 is 0 Å². The number of likely N-dealkylation sites (tertiary alicyclic amines) is 1. The van der Waals surface area contributed by atoms with Crippen molar-refractivity contribution in [1.29, 1.82) is 0 Å². The summed E-state index contributed by atoms with van der Waals surface area (Å²) in [5, 5.41) is 2.09. The molecule has 3 rings (SSSR count). The molecule has 2 saturated heterocycles. The second-order valence-electron chi connectivity index (χ2n) is 5.37. The van der Waals surface area contributed by atoms with Crippen molar-refractivity contribution in [3.8, 4) is 0 Å². The highest BCUT2D eigenvalue weighted by molar-refractivity contribution is 8.14. The van der Waals surface area contributed by atoms with Gasteiger partial charge >= 0.3 is 0 Å². The molecule has 22 heavy (non-hydrogen) atoms. The minimum atomic E-state index is 0.517. The second-order valence-corrected chi connectivity index (χ2v) is 7.25. The normalized spacial score (nSPS) is 21.2. The molecule has 118 valence electrons. The van der Waals surface area contributed by atoms with Gasteiger partial charge in [0.15, 0.2) is 5.17 Å². The van der Waals surface area contributed by atoms with Gasteiger partial charge in [-0.25, -0.2) is 4.99 Å². The van der Waals surface area contributed by atoms with Crippen LogP contribution in [0, 0.1) is 0 Å². The van der Waals surface area contributed by atoms with Gasteiger partial charge in [-0.3, -0.25) is 0 Å². The van der Waals surface area contributed by atoms with E-state index in [-0.39, 0.29) is 0 Å². The van der Waals surface area contributed by atoms with E-state index in [0.29, 0.717) is 10.0 Å². The first-order valence-electron chi connectivity index (χ1n) is 7.35. The fraction of sp³-hybridized carbons (Fsp3) is 0.467. The Hall–Kier alpha value is -0.910. The van der Waals surface area contributed by atoms with Crippen LogP contribution in [0.3, 0.4) is 0 Å². The third-order valence-corrected chi connectivity index (χ3v) is 5.49. The largest absolute Gasteiger partial charge is 0.353 e. The van der Waals surface area contributed by atoms with Gasteiger partial charge in [0.2, 0.25) is 5.96 Å². The molecule has 2 aliphatic heterocycles. The van der Waals surface area contributed by atoms with Crippen molar-refractivity contribution < 1.29 is 0 Å². The van der Waals surface area contributed by atoms with Crippen molar-refractivity contribution >= 4 is 51.8 Å². The first-order valence-corrected chi connectivity index (χ1v) is 9.09. The van der Waals surface area contributed by atoms with Gasteiger partial charge in [0.1, 0.15) is 0 Å². The maximum atomic E-state index is 6.09. The van der Waals surface area contributed by atoms with Gasteiger partial charge in [0, 0.05) is 32.4 Å². The van der Waals surface area contributed by atoms with Crippen LogP contribution in [0.1, 0.15) is 12.8 Å². The Morgan fingerprint density at radius 1 is 1.14 bits per heavy atom. The molecule has 0 amide bonds. The first-order chi connectivity index (χ1) is 10.6. The molecule has 4 nitrogen and oxygen atoms in total. The highest BCUT2D eigenvalue weighted by atomic mass is 35.5. The van der Waals surface area contributed by atoms with Crippen LogP contribution in [0.15, 0.2) is 28.2 Å². The number of rotatable bonds is 1. The Kier molecular flexibility index (Phi) is 5.16. The van der Waals surface area contributed by atoms with E-state index in [0.717, 1.165) is 42.2 Å². The molecule has 2 fully saturated rings. The molecular weight excluding hydrogens is 339 g/mol. The van der Waals surface area contributed by atoms with Crippen LogP contribution < -0.4 is 0 Å². The van der Waals surface area contributed by atoms with E-state index < -0.39 is 0 Å². The molecule has 2 heterocycles. The Balaban J connectivity index is 1.93. The summed E-state index contributed by atoms with van der Waals surface area (Å²) < 4.78 is 0. The molecule has 1 aromatic carbocycles. The number of hydrogen-bond donors (Lipinski definition) is 0. The van der Waals surface area contributed by atoms with Gasteiger partial charge in [0.25, 0.3) is 0 Å². The van der Waals surface area contributed by atoms with E-state index in [9.17, 15) is 0 Å². The topological polar surface area (TPSA) is 31.2 Å². The molecule has 0 atom stereocenters. The van der Waals surface area contributed by atoms with E-state index in [1.54, 1.807) is 23.9 Å². The van der Waals surface area contributed by atoms with Gasteiger partial charge < -0.3 is 9.80 Å². The van der Waals surface area contributed by atoms with E-state index in [2.05, 4.69) is 16.8 Å². The standard InChI is InChI=1S/C15H18Cl2N4S/c1-20-8-9-22-15(20)19-14(21-6-2-3-7-21)18-11-4-5-12(16)13(17)10-11/h4-5,10H,2-3,6-9H2,1H3. The van der Waals surface area contributed by atoms with Crippen LogP contribution >= 0.6 is 35.0 Å². The minimum absolute atomic E-state index is 0.517. The predicted octanol–water partition coefficient (Wildman–Crippen LogP) is 4.11.